The van der Waals surface area contributed by atoms with Crippen molar-refractivity contribution in [3.05, 3.63) is 94.0 Å². The Kier molecular flexibility index (Phi) is 6.43. The van der Waals surface area contributed by atoms with Gasteiger partial charge in [-0.15, -0.1) is 11.3 Å². The number of hydrogen-bond acceptors (Lipinski definition) is 5. The van der Waals surface area contributed by atoms with Gasteiger partial charge in [-0.1, -0.05) is 29.8 Å². The molecule has 0 aliphatic heterocycles. The lowest BCUT2D eigenvalue weighted by molar-refractivity contribution is -0.115. The second-order valence-corrected chi connectivity index (χ2v) is 8.30. The summed E-state index contributed by atoms with van der Waals surface area (Å²) in [6, 6.07) is 15.8. The summed E-state index contributed by atoms with van der Waals surface area (Å²) in [5.74, 6) is 1.70. The summed E-state index contributed by atoms with van der Waals surface area (Å²) in [5.41, 5.74) is 3.86. The molecule has 158 valence electrons. The molecule has 0 aliphatic rings. The molecule has 0 spiro atoms. The van der Waals surface area contributed by atoms with E-state index in [1.54, 1.807) is 6.20 Å². The van der Waals surface area contributed by atoms with E-state index in [1.165, 1.54) is 16.9 Å². The van der Waals surface area contributed by atoms with Crippen LogP contribution in [-0.2, 0) is 24.4 Å². The number of amides is 1. The molecule has 2 aromatic heterocycles. The number of imidazole rings is 1. The fraction of sp³-hybridized carbons (Fsp3) is 0.208. The first kappa shape index (κ1) is 20.8. The van der Waals surface area contributed by atoms with Gasteiger partial charge in [0.05, 0.1) is 12.1 Å². The summed E-state index contributed by atoms with van der Waals surface area (Å²) in [7, 11) is 0. The van der Waals surface area contributed by atoms with Crippen molar-refractivity contribution in [2.75, 3.05) is 5.32 Å². The third-order valence-corrected chi connectivity index (χ3v) is 5.71. The standard InChI is InChI=1S/C24H24N4O2S/c1-17-3-9-22(10-4-17)30-15-24-27-21(16-31-24)13-23(29)26-20-7-5-19(6-8-20)14-28-12-11-25-18(28)2/h3-12,16H,13-15H2,1-2H3,(H,26,29). The molecular weight excluding hydrogens is 408 g/mol. The van der Waals surface area contributed by atoms with Crippen LogP contribution in [0, 0.1) is 13.8 Å². The van der Waals surface area contributed by atoms with E-state index in [4.69, 9.17) is 4.74 Å². The Bertz CT molecular complexity index is 1150. The molecule has 2 aromatic carbocycles. The van der Waals surface area contributed by atoms with Crippen LogP contribution in [0.5, 0.6) is 5.75 Å². The predicted molar refractivity (Wildman–Crippen MR) is 122 cm³/mol. The van der Waals surface area contributed by atoms with E-state index >= 15 is 0 Å². The molecule has 1 N–H and O–H groups in total. The number of carbonyl (C=O) groups excluding carboxylic acids is 1. The molecule has 31 heavy (non-hydrogen) atoms. The summed E-state index contributed by atoms with van der Waals surface area (Å²) < 4.78 is 7.84. The fourth-order valence-electron chi connectivity index (χ4n) is 3.11. The molecule has 0 radical (unpaired) electrons. The quantitative estimate of drug-likeness (QED) is 0.436. The van der Waals surface area contributed by atoms with Crippen molar-refractivity contribution in [1.82, 2.24) is 14.5 Å². The maximum Gasteiger partial charge on any atom is 0.230 e. The van der Waals surface area contributed by atoms with Gasteiger partial charge in [0.25, 0.3) is 0 Å². The van der Waals surface area contributed by atoms with Crippen LogP contribution in [-0.4, -0.2) is 20.4 Å². The van der Waals surface area contributed by atoms with Crippen LogP contribution >= 0.6 is 11.3 Å². The summed E-state index contributed by atoms with van der Waals surface area (Å²) in [6.45, 7) is 5.17. The zero-order chi connectivity index (χ0) is 21.6. The zero-order valence-electron chi connectivity index (χ0n) is 17.5. The highest BCUT2D eigenvalue weighted by Crippen LogP contribution is 2.17. The predicted octanol–water partition coefficient (Wildman–Crippen LogP) is 4.76. The minimum absolute atomic E-state index is 0.0884. The SMILES string of the molecule is Cc1ccc(OCc2nc(CC(=O)Nc3ccc(Cn4ccnc4C)cc3)cs2)cc1. The first-order valence-electron chi connectivity index (χ1n) is 10.0. The molecule has 2 heterocycles. The highest BCUT2D eigenvalue weighted by atomic mass is 32.1. The number of benzene rings is 2. The average molecular weight is 433 g/mol. The van der Waals surface area contributed by atoms with Crippen LogP contribution in [0.2, 0.25) is 0 Å². The third kappa shape index (κ3) is 5.79. The number of carbonyl (C=O) groups is 1. The van der Waals surface area contributed by atoms with Gasteiger partial charge in [-0.2, -0.15) is 0 Å². The van der Waals surface area contributed by atoms with Gasteiger partial charge in [0.2, 0.25) is 5.91 Å². The molecule has 0 unspecified atom stereocenters. The molecule has 0 fully saturated rings. The molecule has 1 amide bonds. The van der Waals surface area contributed by atoms with Gasteiger partial charge in [-0.3, -0.25) is 4.79 Å². The number of hydrogen-bond donors (Lipinski definition) is 1. The van der Waals surface area contributed by atoms with E-state index in [9.17, 15) is 4.79 Å². The van der Waals surface area contributed by atoms with Crippen LogP contribution in [0.4, 0.5) is 5.69 Å². The van der Waals surface area contributed by atoms with Crippen molar-refractivity contribution < 1.29 is 9.53 Å². The normalized spacial score (nSPS) is 10.8. The Morgan fingerprint density at radius 1 is 1.10 bits per heavy atom. The van der Waals surface area contributed by atoms with Crippen molar-refractivity contribution in [2.45, 2.75) is 33.4 Å². The summed E-state index contributed by atoms with van der Waals surface area (Å²) >= 11 is 1.50. The number of anilines is 1. The van der Waals surface area contributed by atoms with Crippen molar-refractivity contribution in [3.8, 4) is 5.75 Å². The molecule has 0 aliphatic carbocycles. The topological polar surface area (TPSA) is 69.0 Å². The van der Waals surface area contributed by atoms with Gasteiger partial charge in [-0.25, -0.2) is 9.97 Å². The van der Waals surface area contributed by atoms with E-state index in [0.29, 0.717) is 6.61 Å². The molecule has 0 bridgehead atoms. The van der Waals surface area contributed by atoms with Crippen molar-refractivity contribution in [1.29, 1.82) is 0 Å². The molecule has 7 heteroatoms. The van der Waals surface area contributed by atoms with Crippen molar-refractivity contribution in [2.24, 2.45) is 0 Å². The highest BCUT2D eigenvalue weighted by Gasteiger charge is 2.09. The third-order valence-electron chi connectivity index (χ3n) is 4.84. The first-order chi connectivity index (χ1) is 15.0. The zero-order valence-corrected chi connectivity index (χ0v) is 18.4. The summed E-state index contributed by atoms with van der Waals surface area (Å²) in [5, 5.41) is 5.69. The molecule has 4 aromatic rings. The summed E-state index contributed by atoms with van der Waals surface area (Å²) in [4.78, 5) is 21.1. The van der Waals surface area contributed by atoms with Crippen LogP contribution in [0.15, 0.2) is 66.3 Å². The molecule has 4 rings (SSSR count). The Morgan fingerprint density at radius 2 is 1.87 bits per heavy atom. The maximum absolute atomic E-state index is 12.4. The first-order valence-corrected chi connectivity index (χ1v) is 10.9. The van der Waals surface area contributed by atoms with Gasteiger partial charge in [0.1, 0.15) is 23.2 Å². The Hall–Kier alpha value is -3.45. The van der Waals surface area contributed by atoms with E-state index in [0.717, 1.165) is 40.1 Å². The Labute approximate surface area is 185 Å². The molecule has 0 saturated heterocycles. The van der Waals surface area contributed by atoms with E-state index in [2.05, 4.69) is 19.9 Å². The van der Waals surface area contributed by atoms with Gasteiger partial charge in [-0.05, 0) is 43.7 Å². The second kappa shape index (κ2) is 9.57. The van der Waals surface area contributed by atoms with Crippen molar-refractivity contribution in [3.63, 3.8) is 0 Å². The second-order valence-electron chi connectivity index (χ2n) is 7.36. The smallest absolute Gasteiger partial charge is 0.230 e. The Balaban J connectivity index is 1.27. The molecule has 6 nitrogen and oxygen atoms in total. The van der Waals surface area contributed by atoms with Crippen molar-refractivity contribution >= 4 is 22.9 Å². The molecular formula is C24H24N4O2S. The monoisotopic (exact) mass is 432 g/mol. The minimum Gasteiger partial charge on any atom is -0.486 e. The van der Waals surface area contributed by atoms with Gasteiger partial charge < -0.3 is 14.6 Å². The van der Waals surface area contributed by atoms with E-state index in [1.807, 2.05) is 74.0 Å². The van der Waals surface area contributed by atoms with Crippen LogP contribution in [0.25, 0.3) is 0 Å². The largest absolute Gasteiger partial charge is 0.486 e. The lowest BCUT2D eigenvalue weighted by Crippen LogP contribution is -2.14. The molecule has 0 saturated carbocycles. The lowest BCUT2D eigenvalue weighted by Gasteiger charge is -2.08. The number of ether oxygens (including phenoxy) is 1. The number of rotatable bonds is 8. The number of nitrogens with zero attached hydrogens (tertiary/aromatic N) is 3. The van der Waals surface area contributed by atoms with Gasteiger partial charge in [0, 0.05) is 30.0 Å². The molecule has 0 atom stereocenters. The minimum atomic E-state index is -0.0884. The number of aromatic nitrogens is 3. The van der Waals surface area contributed by atoms with Gasteiger partial charge >= 0.3 is 0 Å². The average Bonchev–Trinajstić information content (AvgIpc) is 3.38. The lowest BCUT2D eigenvalue weighted by atomic mass is 10.2. The van der Waals surface area contributed by atoms with Gasteiger partial charge in [0.15, 0.2) is 0 Å². The van der Waals surface area contributed by atoms with E-state index in [-0.39, 0.29) is 12.3 Å². The number of thiazole rings is 1. The van der Waals surface area contributed by atoms with Crippen LogP contribution < -0.4 is 10.1 Å². The maximum atomic E-state index is 12.4. The van der Waals surface area contributed by atoms with Crippen LogP contribution in [0.1, 0.15) is 27.7 Å². The summed E-state index contributed by atoms with van der Waals surface area (Å²) in [6.07, 6.45) is 3.98. The fourth-order valence-corrected chi connectivity index (χ4v) is 3.81. The number of nitrogens with one attached hydrogen (secondary N) is 1. The van der Waals surface area contributed by atoms with E-state index < -0.39 is 0 Å². The number of aryl methyl sites for hydroxylation is 2. The van der Waals surface area contributed by atoms with Crippen LogP contribution in [0.3, 0.4) is 0 Å². The Morgan fingerprint density at radius 3 is 2.58 bits per heavy atom. The highest BCUT2D eigenvalue weighted by molar-refractivity contribution is 7.09.